The van der Waals surface area contributed by atoms with Gasteiger partial charge in [-0.3, -0.25) is 4.79 Å². The first kappa shape index (κ1) is 15.4. The van der Waals surface area contributed by atoms with Gasteiger partial charge in [0.2, 0.25) is 5.91 Å². The van der Waals surface area contributed by atoms with Crippen LogP contribution in [0.25, 0.3) is 0 Å². The maximum absolute atomic E-state index is 11.5. The van der Waals surface area contributed by atoms with Gasteiger partial charge in [0, 0.05) is 18.1 Å². The van der Waals surface area contributed by atoms with Gasteiger partial charge in [0.05, 0.1) is 11.4 Å². The number of hydrogen-bond acceptors (Lipinski definition) is 5. The smallest absolute Gasteiger partial charge is 0.224 e. The molecule has 0 heterocycles. The summed E-state index contributed by atoms with van der Waals surface area (Å²) in [5, 5.41) is 21.0. The number of anilines is 1. The molecule has 0 radical (unpaired) electrons. The summed E-state index contributed by atoms with van der Waals surface area (Å²) in [5.74, 6) is -1.62. The minimum atomic E-state index is -1.24. The van der Waals surface area contributed by atoms with E-state index in [1.54, 1.807) is 24.3 Å². The molecule has 0 bridgehead atoms. The van der Waals surface area contributed by atoms with E-state index in [2.05, 4.69) is 15.5 Å². The van der Waals surface area contributed by atoms with Gasteiger partial charge in [0.15, 0.2) is 0 Å². The third-order valence-corrected chi connectivity index (χ3v) is 2.74. The lowest BCUT2D eigenvalue weighted by atomic mass is 10.2. The zero-order valence-corrected chi connectivity index (χ0v) is 11.7. The van der Waals surface area contributed by atoms with Gasteiger partial charge in [0.25, 0.3) is 0 Å². The lowest BCUT2D eigenvalue weighted by molar-refractivity contribution is -0.305. The zero-order chi connectivity index (χ0) is 15.8. The first-order valence-electron chi connectivity index (χ1n) is 6.70. The van der Waals surface area contributed by atoms with Crippen LogP contribution >= 0.6 is 0 Å². The molecule has 2 rings (SSSR count). The molecular weight excluding hydrogens is 282 g/mol. The van der Waals surface area contributed by atoms with E-state index < -0.39 is 5.97 Å². The van der Waals surface area contributed by atoms with Crippen molar-refractivity contribution in [2.75, 3.05) is 5.32 Å². The van der Waals surface area contributed by atoms with E-state index in [4.69, 9.17) is 0 Å². The lowest BCUT2D eigenvalue weighted by Gasteiger charge is -2.05. The fraction of sp³-hybridized carbons (Fsp3) is 0.125. The largest absolute Gasteiger partial charge is 0.550 e. The molecule has 6 heteroatoms. The summed E-state index contributed by atoms with van der Waals surface area (Å²) in [6, 6.07) is 16.1. The molecule has 6 nitrogen and oxygen atoms in total. The molecular formula is C16H14N3O3-. The number of rotatable bonds is 6. The molecule has 112 valence electrons. The zero-order valence-electron chi connectivity index (χ0n) is 11.7. The highest BCUT2D eigenvalue weighted by Crippen LogP contribution is 2.20. The average Bonchev–Trinajstić information content (AvgIpc) is 2.53. The molecule has 0 saturated carbocycles. The molecule has 0 unspecified atom stereocenters. The number of amides is 1. The van der Waals surface area contributed by atoms with Crippen LogP contribution in [0.2, 0.25) is 0 Å². The summed E-state index contributed by atoms with van der Waals surface area (Å²) in [7, 11) is 0. The summed E-state index contributed by atoms with van der Waals surface area (Å²) in [6.07, 6.45) is -0.410. The van der Waals surface area contributed by atoms with Crippen molar-refractivity contribution in [3.63, 3.8) is 0 Å². The number of carboxylic acids is 1. The minimum Gasteiger partial charge on any atom is -0.550 e. The normalized spacial score (nSPS) is 10.5. The number of hydrogen-bond donors (Lipinski definition) is 1. The SMILES string of the molecule is O=C([O-])CCC(=O)Nc1ccc(N=Nc2ccccc2)cc1. The number of benzene rings is 2. The summed E-state index contributed by atoms with van der Waals surface area (Å²) in [6.45, 7) is 0. The van der Waals surface area contributed by atoms with Gasteiger partial charge in [-0.05, 0) is 42.8 Å². The molecule has 1 N–H and O–H groups in total. The standard InChI is InChI=1S/C16H15N3O3/c20-15(10-11-16(21)22)17-12-6-8-14(9-7-12)19-18-13-4-2-1-3-5-13/h1-9H,10-11H2,(H,17,20)(H,21,22)/p-1. The van der Waals surface area contributed by atoms with Crippen molar-refractivity contribution in [2.45, 2.75) is 12.8 Å². The molecule has 0 aliphatic heterocycles. The maximum atomic E-state index is 11.5. The second-order valence-corrected chi connectivity index (χ2v) is 4.50. The van der Waals surface area contributed by atoms with Crippen molar-refractivity contribution in [1.82, 2.24) is 0 Å². The molecule has 0 spiro atoms. The van der Waals surface area contributed by atoms with Crippen molar-refractivity contribution in [3.8, 4) is 0 Å². The highest BCUT2D eigenvalue weighted by Gasteiger charge is 2.02. The minimum absolute atomic E-state index is 0.113. The number of azo groups is 1. The quantitative estimate of drug-likeness (QED) is 0.830. The van der Waals surface area contributed by atoms with Crippen molar-refractivity contribution >= 4 is 28.9 Å². The first-order valence-corrected chi connectivity index (χ1v) is 6.70. The summed E-state index contributed by atoms with van der Waals surface area (Å²) >= 11 is 0. The molecule has 0 atom stereocenters. The van der Waals surface area contributed by atoms with E-state index in [1.807, 2.05) is 30.3 Å². The Bertz CT molecular complexity index is 667. The van der Waals surface area contributed by atoms with Gasteiger partial charge in [-0.15, -0.1) is 0 Å². The Balaban J connectivity index is 1.91. The third kappa shape index (κ3) is 5.16. The number of nitrogens with one attached hydrogen (secondary N) is 1. The molecule has 0 aromatic heterocycles. The van der Waals surface area contributed by atoms with E-state index in [-0.39, 0.29) is 18.7 Å². The average molecular weight is 296 g/mol. The van der Waals surface area contributed by atoms with Crippen LogP contribution in [-0.4, -0.2) is 11.9 Å². The Labute approximate surface area is 127 Å². The van der Waals surface area contributed by atoms with Crippen LogP contribution < -0.4 is 10.4 Å². The van der Waals surface area contributed by atoms with Gasteiger partial charge in [-0.2, -0.15) is 10.2 Å². The monoisotopic (exact) mass is 296 g/mol. The number of carbonyl (C=O) groups excluding carboxylic acids is 2. The van der Waals surface area contributed by atoms with Crippen molar-refractivity contribution < 1.29 is 14.7 Å². The summed E-state index contributed by atoms with van der Waals surface area (Å²) in [5.41, 5.74) is 1.97. The van der Waals surface area contributed by atoms with Gasteiger partial charge >= 0.3 is 0 Å². The van der Waals surface area contributed by atoms with Crippen LogP contribution in [0.15, 0.2) is 64.8 Å². The molecule has 1 amide bonds. The predicted octanol–water partition coefficient (Wildman–Crippen LogP) is 2.57. The Morgan fingerprint density at radius 3 is 2.05 bits per heavy atom. The second kappa shape index (κ2) is 7.68. The van der Waals surface area contributed by atoms with Crippen molar-refractivity contribution in [1.29, 1.82) is 0 Å². The van der Waals surface area contributed by atoms with Crippen LogP contribution in [-0.2, 0) is 9.59 Å². The van der Waals surface area contributed by atoms with Gasteiger partial charge in [-0.1, -0.05) is 18.2 Å². The lowest BCUT2D eigenvalue weighted by Crippen LogP contribution is -2.24. The second-order valence-electron chi connectivity index (χ2n) is 4.50. The molecule has 0 saturated heterocycles. The van der Waals surface area contributed by atoms with E-state index in [0.717, 1.165) is 5.69 Å². The highest BCUT2D eigenvalue weighted by atomic mass is 16.4. The fourth-order valence-corrected chi connectivity index (χ4v) is 1.66. The van der Waals surface area contributed by atoms with E-state index in [9.17, 15) is 14.7 Å². The van der Waals surface area contributed by atoms with Crippen LogP contribution in [0.4, 0.5) is 17.1 Å². The predicted molar refractivity (Wildman–Crippen MR) is 79.9 cm³/mol. The fourth-order valence-electron chi connectivity index (χ4n) is 1.66. The number of aliphatic carboxylic acids is 1. The summed E-state index contributed by atoms with van der Waals surface area (Å²) < 4.78 is 0. The van der Waals surface area contributed by atoms with Crippen molar-refractivity contribution in [3.05, 3.63) is 54.6 Å². The molecule has 22 heavy (non-hydrogen) atoms. The Morgan fingerprint density at radius 1 is 0.864 bits per heavy atom. The van der Waals surface area contributed by atoms with Gasteiger partial charge < -0.3 is 15.2 Å². The van der Waals surface area contributed by atoms with Crippen LogP contribution in [0, 0.1) is 0 Å². The van der Waals surface area contributed by atoms with Crippen LogP contribution in [0.1, 0.15) is 12.8 Å². The molecule has 0 aliphatic rings. The Kier molecular flexibility index (Phi) is 5.37. The molecule has 2 aromatic carbocycles. The first-order chi connectivity index (χ1) is 10.6. The van der Waals surface area contributed by atoms with Gasteiger partial charge in [-0.25, -0.2) is 0 Å². The van der Waals surface area contributed by atoms with Crippen molar-refractivity contribution in [2.24, 2.45) is 10.2 Å². The maximum Gasteiger partial charge on any atom is 0.224 e. The third-order valence-electron chi connectivity index (χ3n) is 2.74. The van der Waals surface area contributed by atoms with E-state index in [0.29, 0.717) is 11.4 Å². The van der Waals surface area contributed by atoms with E-state index in [1.165, 1.54) is 0 Å². The molecule has 2 aromatic rings. The van der Waals surface area contributed by atoms with Crippen LogP contribution in [0.5, 0.6) is 0 Å². The topological polar surface area (TPSA) is 93.9 Å². The number of carbonyl (C=O) groups is 2. The summed E-state index contributed by atoms with van der Waals surface area (Å²) in [4.78, 5) is 21.7. The highest BCUT2D eigenvalue weighted by molar-refractivity contribution is 5.92. The van der Waals surface area contributed by atoms with Gasteiger partial charge in [0.1, 0.15) is 0 Å². The molecule has 0 aliphatic carbocycles. The Hall–Kier alpha value is -3.02. The number of nitrogens with zero attached hydrogens (tertiary/aromatic N) is 2. The van der Waals surface area contributed by atoms with Crippen LogP contribution in [0.3, 0.4) is 0 Å². The number of carboxylic acid groups (broad SMARTS) is 1. The van der Waals surface area contributed by atoms with E-state index >= 15 is 0 Å². The Morgan fingerprint density at radius 2 is 1.45 bits per heavy atom. The molecule has 0 fully saturated rings.